The van der Waals surface area contributed by atoms with Gasteiger partial charge in [-0.2, -0.15) is 0 Å². The second-order valence-corrected chi connectivity index (χ2v) is 6.40. The summed E-state index contributed by atoms with van der Waals surface area (Å²) >= 11 is 0. The number of carbonyl (C=O) groups is 1. The molecule has 4 nitrogen and oxygen atoms in total. The van der Waals surface area contributed by atoms with E-state index in [1.54, 1.807) is 0 Å². The monoisotopic (exact) mass is 328 g/mol. The first kappa shape index (κ1) is 18.3. The molecule has 0 fully saturated rings. The molecule has 4 heteroatoms. The maximum Gasteiger partial charge on any atom is 0.253 e. The zero-order valence-corrected chi connectivity index (χ0v) is 15.1. The predicted octanol–water partition coefficient (Wildman–Crippen LogP) is 3.54. The number of nitrogens with zero attached hydrogens (tertiary/aromatic N) is 1. The molecule has 0 spiro atoms. The second kappa shape index (κ2) is 8.15. The fraction of sp³-hybridized carbons (Fsp3) is 0.450. The number of carbonyl (C=O) groups excluding carboxylic acids is 1. The number of para-hydroxylation sites is 1. The van der Waals surface area contributed by atoms with E-state index in [0.717, 1.165) is 35.5 Å². The Bertz CT molecular complexity index is 704. The van der Waals surface area contributed by atoms with Crippen molar-refractivity contribution in [2.45, 2.75) is 40.5 Å². The summed E-state index contributed by atoms with van der Waals surface area (Å²) in [7, 11) is 0. The summed E-state index contributed by atoms with van der Waals surface area (Å²) in [6.45, 7) is 8.93. The fourth-order valence-electron chi connectivity index (χ4n) is 3.14. The number of amides is 1. The first-order valence-corrected chi connectivity index (χ1v) is 8.63. The molecule has 0 saturated carbocycles. The van der Waals surface area contributed by atoms with E-state index in [9.17, 15) is 4.79 Å². The topological polar surface area (TPSA) is 54.3 Å². The van der Waals surface area contributed by atoms with Crippen LogP contribution in [0.2, 0.25) is 0 Å². The Morgan fingerprint density at radius 2 is 1.96 bits per heavy atom. The van der Waals surface area contributed by atoms with E-state index in [4.69, 9.17) is 5.11 Å². The van der Waals surface area contributed by atoms with Gasteiger partial charge in [0.15, 0.2) is 0 Å². The zero-order valence-electron chi connectivity index (χ0n) is 15.1. The zero-order chi connectivity index (χ0) is 17.7. The van der Waals surface area contributed by atoms with Crippen LogP contribution in [0.15, 0.2) is 30.3 Å². The van der Waals surface area contributed by atoms with Crippen molar-refractivity contribution in [2.24, 2.45) is 5.92 Å². The van der Waals surface area contributed by atoms with Crippen LogP contribution >= 0.6 is 0 Å². The van der Waals surface area contributed by atoms with E-state index >= 15 is 0 Å². The molecule has 24 heavy (non-hydrogen) atoms. The van der Waals surface area contributed by atoms with E-state index < -0.39 is 0 Å². The molecule has 0 bridgehead atoms. The number of benzene rings is 1. The summed E-state index contributed by atoms with van der Waals surface area (Å²) in [5, 5.41) is 12.1. The van der Waals surface area contributed by atoms with Gasteiger partial charge in [-0.15, -0.1) is 0 Å². The van der Waals surface area contributed by atoms with Gasteiger partial charge in [-0.3, -0.25) is 4.79 Å². The molecule has 0 saturated heterocycles. The Labute approximate surface area is 144 Å². The van der Waals surface area contributed by atoms with Gasteiger partial charge in [-0.05, 0) is 50.8 Å². The Hall–Kier alpha value is -2.07. The summed E-state index contributed by atoms with van der Waals surface area (Å²) < 4.78 is 2.13. The van der Waals surface area contributed by atoms with Crippen molar-refractivity contribution < 1.29 is 9.90 Å². The first-order valence-electron chi connectivity index (χ1n) is 8.63. The minimum absolute atomic E-state index is 0.0423. The molecule has 2 N–H and O–H groups in total. The molecule has 2 aromatic rings. The van der Waals surface area contributed by atoms with Gasteiger partial charge in [-0.25, -0.2) is 0 Å². The molecule has 0 aliphatic rings. The molecule has 1 unspecified atom stereocenters. The van der Waals surface area contributed by atoms with Crippen molar-refractivity contribution in [1.82, 2.24) is 9.88 Å². The molecular weight excluding hydrogens is 300 g/mol. The number of aryl methyl sites for hydroxylation is 2. The highest BCUT2D eigenvalue weighted by Gasteiger charge is 2.18. The van der Waals surface area contributed by atoms with Crippen LogP contribution in [0, 0.1) is 26.7 Å². The Kier molecular flexibility index (Phi) is 6.21. The summed E-state index contributed by atoms with van der Waals surface area (Å²) in [6, 6.07) is 10.1. The molecule has 1 atom stereocenters. The Balaban J connectivity index is 2.22. The third-order valence-electron chi connectivity index (χ3n) is 4.70. The lowest BCUT2D eigenvalue weighted by Gasteiger charge is -2.15. The molecular formula is C20H28N2O2. The third-order valence-corrected chi connectivity index (χ3v) is 4.70. The summed E-state index contributed by atoms with van der Waals surface area (Å²) in [6.07, 6.45) is 1.67. The van der Waals surface area contributed by atoms with E-state index in [-0.39, 0.29) is 12.5 Å². The molecule has 1 heterocycles. The normalized spacial score (nSPS) is 12.2. The number of rotatable bonds is 7. The van der Waals surface area contributed by atoms with Gasteiger partial charge >= 0.3 is 0 Å². The van der Waals surface area contributed by atoms with Crippen LogP contribution in [0.5, 0.6) is 0 Å². The lowest BCUT2D eigenvalue weighted by molar-refractivity contribution is 0.0943. The number of aliphatic hydroxyl groups excluding tert-OH is 1. The minimum Gasteiger partial charge on any atom is -0.396 e. The maximum atomic E-state index is 12.6. The molecule has 1 amide bonds. The van der Waals surface area contributed by atoms with Gasteiger partial charge < -0.3 is 15.0 Å². The maximum absolute atomic E-state index is 12.6. The second-order valence-electron chi connectivity index (χ2n) is 6.40. The van der Waals surface area contributed by atoms with E-state index in [1.807, 2.05) is 32.0 Å². The molecule has 130 valence electrons. The quantitative estimate of drug-likeness (QED) is 0.817. The van der Waals surface area contributed by atoms with Crippen molar-refractivity contribution in [2.75, 3.05) is 13.2 Å². The van der Waals surface area contributed by atoms with Crippen molar-refractivity contribution in [3.05, 3.63) is 52.8 Å². The minimum atomic E-state index is -0.0423. The lowest BCUT2D eigenvalue weighted by atomic mass is 10.0. The van der Waals surface area contributed by atoms with Crippen LogP contribution in [-0.4, -0.2) is 28.7 Å². The average Bonchev–Trinajstić information content (AvgIpc) is 2.86. The lowest BCUT2D eigenvalue weighted by Crippen LogP contribution is -2.29. The van der Waals surface area contributed by atoms with Gasteiger partial charge in [0, 0.05) is 30.2 Å². The van der Waals surface area contributed by atoms with Crippen LogP contribution in [-0.2, 0) is 0 Å². The van der Waals surface area contributed by atoms with Crippen LogP contribution in [0.4, 0.5) is 0 Å². The first-order chi connectivity index (χ1) is 11.5. The molecule has 0 aliphatic carbocycles. The number of hydrogen-bond donors (Lipinski definition) is 2. The van der Waals surface area contributed by atoms with E-state index in [0.29, 0.717) is 12.5 Å². The van der Waals surface area contributed by atoms with Crippen LogP contribution < -0.4 is 5.32 Å². The molecule has 0 aliphatic heterocycles. The molecule has 1 aromatic heterocycles. The highest BCUT2D eigenvalue weighted by molar-refractivity contribution is 5.96. The van der Waals surface area contributed by atoms with Crippen LogP contribution in [0.1, 0.15) is 47.1 Å². The SMILES string of the molecule is CCC(CCO)CNC(=O)c1cc(C)n(-c2ccccc2C)c1C. The van der Waals surface area contributed by atoms with Gasteiger partial charge in [0.25, 0.3) is 5.91 Å². The van der Waals surface area contributed by atoms with E-state index in [1.165, 1.54) is 5.56 Å². The highest BCUT2D eigenvalue weighted by atomic mass is 16.3. The van der Waals surface area contributed by atoms with Crippen molar-refractivity contribution in [1.29, 1.82) is 0 Å². The predicted molar refractivity (Wildman–Crippen MR) is 97.8 cm³/mol. The summed E-state index contributed by atoms with van der Waals surface area (Å²) in [5.74, 6) is 0.276. The average molecular weight is 328 g/mol. The number of aliphatic hydroxyl groups is 1. The van der Waals surface area contributed by atoms with Gasteiger partial charge in [0.1, 0.15) is 0 Å². The smallest absolute Gasteiger partial charge is 0.253 e. The summed E-state index contributed by atoms with van der Waals surface area (Å²) in [4.78, 5) is 12.6. The standard InChI is InChI=1S/C20H28N2O2/c1-5-17(10-11-23)13-21-20(24)18-12-15(3)22(16(18)4)19-9-7-6-8-14(19)2/h6-9,12,17,23H,5,10-11,13H2,1-4H3,(H,21,24). The molecule has 2 rings (SSSR count). The Morgan fingerprint density at radius 3 is 2.58 bits per heavy atom. The molecule has 1 aromatic carbocycles. The van der Waals surface area contributed by atoms with Gasteiger partial charge in [0.05, 0.1) is 5.56 Å². The van der Waals surface area contributed by atoms with Crippen molar-refractivity contribution >= 4 is 5.91 Å². The fourth-order valence-corrected chi connectivity index (χ4v) is 3.14. The Morgan fingerprint density at radius 1 is 1.25 bits per heavy atom. The van der Waals surface area contributed by atoms with Gasteiger partial charge in [-0.1, -0.05) is 31.5 Å². The third kappa shape index (κ3) is 3.88. The highest BCUT2D eigenvalue weighted by Crippen LogP contribution is 2.23. The largest absolute Gasteiger partial charge is 0.396 e. The van der Waals surface area contributed by atoms with Crippen LogP contribution in [0.3, 0.4) is 0 Å². The van der Waals surface area contributed by atoms with E-state index in [2.05, 4.69) is 35.9 Å². The number of aromatic nitrogens is 1. The number of nitrogens with one attached hydrogen (secondary N) is 1. The summed E-state index contributed by atoms with van der Waals surface area (Å²) in [5.41, 5.74) is 5.01. The number of hydrogen-bond acceptors (Lipinski definition) is 2. The molecule has 0 radical (unpaired) electrons. The van der Waals surface area contributed by atoms with Crippen LogP contribution in [0.25, 0.3) is 5.69 Å². The van der Waals surface area contributed by atoms with Gasteiger partial charge in [0.2, 0.25) is 0 Å². The van der Waals surface area contributed by atoms with Crippen molar-refractivity contribution in [3.63, 3.8) is 0 Å². The van der Waals surface area contributed by atoms with Crippen molar-refractivity contribution in [3.8, 4) is 5.69 Å².